The molecule has 0 bridgehead atoms. The monoisotopic (exact) mass is 427 g/mol. The van der Waals surface area contributed by atoms with Crippen LogP contribution in [0.3, 0.4) is 0 Å². The molecule has 6 nitrogen and oxygen atoms in total. The molecule has 3 aliphatic rings. The molecule has 1 aromatic rings. The zero-order chi connectivity index (χ0) is 21.6. The van der Waals surface area contributed by atoms with Gasteiger partial charge >= 0.3 is 6.09 Å². The molecule has 1 aliphatic carbocycles. The molecule has 30 heavy (non-hydrogen) atoms. The van der Waals surface area contributed by atoms with Crippen LogP contribution in [0.1, 0.15) is 39.7 Å². The van der Waals surface area contributed by atoms with Crippen molar-refractivity contribution in [3.05, 3.63) is 39.9 Å². The van der Waals surface area contributed by atoms with E-state index >= 15 is 0 Å². The van der Waals surface area contributed by atoms with Crippen LogP contribution in [-0.2, 0) is 9.53 Å². The topological polar surface area (TPSA) is 61.9 Å². The summed E-state index contributed by atoms with van der Waals surface area (Å²) in [7, 11) is 0. The first-order valence-electron chi connectivity index (χ1n) is 10.4. The quantitative estimate of drug-likeness (QED) is 0.701. The number of allylic oxidation sites excluding steroid dienone is 3. The average molecular weight is 428 g/mol. The average Bonchev–Trinajstić information content (AvgIpc) is 2.65. The number of anilines is 2. The molecule has 0 atom stereocenters. The SMILES string of the molecule is CC1=CC(=O)CC2=C1Nc1c(C)cc(N3CCN(C(=O)OC(C)(C)C)CC3)cc1S2. The highest BCUT2D eigenvalue weighted by Crippen LogP contribution is 2.47. The van der Waals surface area contributed by atoms with E-state index < -0.39 is 5.60 Å². The summed E-state index contributed by atoms with van der Waals surface area (Å²) < 4.78 is 5.50. The fraction of sp³-hybridized carbons (Fsp3) is 0.478. The zero-order valence-electron chi connectivity index (χ0n) is 18.3. The van der Waals surface area contributed by atoms with Crippen LogP contribution >= 0.6 is 11.8 Å². The van der Waals surface area contributed by atoms with Gasteiger partial charge in [-0.3, -0.25) is 4.79 Å². The molecule has 2 heterocycles. The molecule has 1 saturated heterocycles. The minimum atomic E-state index is -0.477. The summed E-state index contributed by atoms with van der Waals surface area (Å²) in [6, 6.07) is 4.40. The first-order valence-corrected chi connectivity index (χ1v) is 11.2. The smallest absolute Gasteiger partial charge is 0.410 e. The van der Waals surface area contributed by atoms with E-state index in [9.17, 15) is 9.59 Å². The lowest BCUT2D eigenvalue weighted by atomic mass is 10.0. The van der Waals surface area contributed by atoms with Crippen molar-refractivity contribution < 1.29 is 14.3 Å². The normalized spacial score (nSPS) is 19.1. The number of nitrogens with zero attached hydrogens (tertiary/aromatic N) is 2. The van der Waals surface area contributed by atoms with E-state index in [1.54, 1.807) is 22.7 Å². The molecule has 0 unspecified atom stereocenters. The third-order valence-electron chi connectivity index (χ3n) is 5.45. The molecule has 4 rings (SSSR count). The number of ketones is 1. The highest BCUT2D eigenvalue weighted by molar-refractivity contribution is 8.03. The van der Waals surface area contributed by atoms with Crippen molar-refractivity contribution in [2.24, 2.45) is 0 Å². The second-order valence-corrected chi connectivity index (χ2v) is 10.2. The van der Waals surface area contributed by atoms with Gasteiger partial charge in [-0.05, 0) is 64.0 Å². The van der Waals surface area contributed by atoms with Gasteiger partial charge in [0.1, 0.15) is 5.60 Å². The Kier molecular flexibility index (Phi) is 5.34. The van der Waals surface area contributed by atoms with Crippen LogP contribution in [0.4, 0.5) is 16.2 Å². The molecule has 0 radical (unpaired) electrons. The molecular weight excluding hydrogens is 398 g/mol. The number of hydrogen-bond donors (Lipinski definition) is 1. The van der Waals surface area contributed by atoms with E-state index in [1.165, 1.54) is 5.56 Å². The summed E-state index contributed by atoms with van der Waals surface area (Å²) >= 11 is 1.70. The highest BCUT2D eigenvalue weighted by atomic mass is 32.2. The summed E-state index contributed by atoms with van der Waals surface area (Å²) in [5.74, 6) is 0.162. The van der Waals surface area contributed by atoms with E-state index in [-0.39, 0.29) is 11.9 Å². The second-order valence-electron chi connectivity index (χ2n) is 9.09. The maximum Gasteiger partial charge on any atom is 0.410 e. The van der Waals surface area contributed by atoms with Crippen LogP contribution in [0.15, 0.2) is 39.3 Å². The van der Waals surface area contributed by atoms with E-state index in [0.717, 1.165) is 45.5 Å². The van der Waals surface area contributed by atoms with Gasteiger partial charge in [0, 0.05) is 48.1 Å². The first-order chi connectivity index (χ1) is 14.1. The Hall–Kier alpha value is -2.41. The van der Waals surface area contributed by atoms with Gasteiger partial charge in [0.05, 0.1) is 11.4 Å². The number of piperazine rings is 1. The molecule has 160 valence electrons. The summed E-state index contributed by atoms with van der Waals surface area (Å²) in [5, 5.41) is 3.56. The molecule has 7 heteroatoms. The molecule has 2 aliphatic heterocycles. The number of benzene rings is 1. The fourth-order valence-corrected chi connectivity index (χ4v) is 5.27. The summed E-state index contributed by atoms with van der Waals surface area (Å²) in [6.07, 6.45) is 1.95. The van der Waals surface area contributed by atoms with Crippen molar-refractivity contribution in [1.82, 2.24) is 4.90 Å². The standard InChI is InChI=1S/C23H29N3O3S/c1-14-10-16(25-6-8-26(9-7-25)22(28)29-23(3,4)5)12-18-20(14)24-21-15(2)11-17(27)13-19(21)30-18/h10-12,24H,6-9,13H2,1-5H3. The van der Waals surface area contributed by atoms with E-state index in [0.29, 0.717) is 19.5 Å². The number of amides is 1. The lowest BCUT2D eigenvalue weighted by Gasteiger charge is -2.37. The number of rotatable bonds is 1. The first kappa shape index (κ1) is 20.8. The molecule has 1 fully saturated rings. The number of hydrogen-bond acceptors (Lipinski definition) is 6. The van der Waals surface area contributed by atoms with Crippen molar-refractivity contribution in [3.8, 4) is 0 Å². The third-order valence-corrected chi connectivity index (χ3v) is 6.59. The Labute approximate surface area is 182 Å². The van der Waals surface area contributed by atoms with Gasteiger partial charge in [-0.2, -0.15) is 0 Å². The Morgan fingerprint density at radius 2 is 1.83 bits per heavy atom. The van der Waals surface area contributed by atoms with Crippen molar-refractivity contribution in [2.45, 2.75) is 51.5 Å². The number of ether oxygens (including phenoxy) is 1. The number of fused-ring (bicyclic) bond motifs is 1. The summed E-state index contributed by atoms with van der Waals surface area (Å²) in [5.41, 5.74) is 5.06. The molecule has 1 N–H and O–H groups in total. The zero-order valence-corrected chi connectivity index (χ0v) is 19.1. The van der Waals surface area contributed by atoms with Crippen LogP contribution in [0.5, 0.6) is 0 Å². The van der Waals surface area contributed by atoms with Crippen LogP contribution in [0.2, 0.25) is 0 Å². The number of carbonyl (C=O) groups excluding carboxylic acids is 2. The van der Waals surface area contributed by atoms with Crippen LogP contribution < -0.4 is 10.2 Å². The van der Waals surface area contributed by atoms with E-state index in [2.05, 4.69) is 29.3 Å². The maximum absolute atomic E-state index is 12.3. The van der Waals surface area contributed by atoms with Gasteiger partial charge in [0.25, 0.3) is 0 Å². The molecule has 0 spiro atoms. The predicted octanol–water partition coefficient (Wildman–Crippen LogP) is 4.70. The number of aryl methyl sites for hydroxylation is 1. The maximum atomic E-state index is 12.3. The fourth-order valence-electron chi connectivity index (χ4n) is 3.98. The van der Waals surface area contributed by atoms with E-state index in [1.807, 2.05) is 27.7 Å². The Balaban J connectivity index is 1.48. The van der Waals surface area contributed by atoms with Crippen LogP contribution in [0.25, 0.3) is 0 Å². The van der Waals surface area contributed by atoms with Gasteiger partial charge < -0.3 is 19.9 Å². The molecular formula is C23H29N3O3S. The molecule has 1 aromatic carbocycles. The summed E-state index contributed by atoms with van der Waals surface area (Å²) in [6.45, 7) is 12.6. The van der Waals surface area contributed by atoms with Gasteiger partial charge in [0.2, 0.25) is 0 Å². The van der Waals surface area contributed by atoms with Crippen molar-refractivity contribution >= 4 is 35.0 Å². The number of nitrogens with one attached hydrogen (secondary N) is 1. The largest absolute Gasteiger partial charge is 0.444 e. The molecule has 0 aromatic heterocycles. The van der Waals surface area contributed by atoms with E-state index in [4.69, 9.17) is 4.74 Å². The second kappa shape index (κ2) is 7.69. The number of thioether (sulfide) groups is 1. The van der Waals surface area contributed by atoms with Gasteiger partial charge in [0.15, 0.2) is 5.78 Å². The lowest BCUT2D eigenvalue weighted by Crippen LogP contribution is -2.50. The van der Waals surface area contributed by atoms with Crippen molar-refractivity contribution in [2.75, 3.05) is 36.4 Å². The summed E-state index contributed by atoms with van der Waals surface area (Å²) in [4.78, 5) is 30.7. The minimum absolute atomic E-state index is 0.162. The van der Waals surface area contributed by atoms with Crippen molar-refractivity contribution in [1.29, 1.82) is 0 Å². The highest BCUT2D eigenvalue weighted by Gasteiger charge is 2.29. The third kappa shape index (κ3) is 4.21. The van der Waals surface area contributed by atoms with Crippen LogP contribution in [0, 0.1) is 6.92 Å². The Bertz CT molecular complexity index is 967. The Morgan fingerprint density at radius 3 is 2.50 bits per heavy atom. The molecule has 0 saturated carbocycles. The predicted molar refractivity (Wildman–Crippen MR) is 121 cm³/mol. The van der Waals surface area contributed by atoms with Gasteiger partial charge in [-0.1, -0.05) is 11.8 Å². The number of carbonyl (C=O) groups is 2. The van der Waals surface area contributed by atoms with Gasteiger partial charge in [-0.25, -0.2) is 4.79 Å². The van der Waals surface area contributed by atoms with Crippen LogP contribution in [-0.4, -0.2) is 48.6 Å². The lowest BCUT2D eigenvalue weighted by molar-refractivity contribution is -0.114. The van der Waals surface area contributed by atoms with Crippen molar-refractivity contribution in [3.63, 3.8) is 0 Å². The molecule has 1 amide bonds. The Morgan fingerprint density at radius 1 is 1.13 bits per heavy atom. The van der Waals surface area contributed by atoms with Gasteiger partial charge in [-0.15, -0.1) is 0 Å². The minimum Gasteiger partial charge on any atom is -0.444 e.